The first-order valence-corrected chi connectivity index (χ1v) is 14.2. The smallest absolute Gasteiger partial charge is 0.258 e. The number of nitriles is 1. The molecule has 7 nitrogen and oxygen atoms in total. The Hall–Kier alpha value is -4.15. The van der Waals surface area contributed by atoms with Crippen molar-refractivity contribution in [3.8, 4) is 6.07 Å². The quantitative estimate of drug-likeness (QED) is 0.435. The summed E-state index contributed by atoms with van der Waals surface area (Å²) in [6, 6.07) is 22.3. The molecule has 1 atom stereocenters. The van der Waals surface area contributed by atoms with Gasteiger partial charge in [-0.25, -0.2) is 0 Å². The molecule has 0 spiro atoms. The van der Waals surface area contributed by atoms with Crippen molar-refractivity contribution >= 4 is 28.9 Å². The van der Waals surface area contributed by atoms with Gasteiger partial charge in [0.25, 0.3) is 5.91 Å². The average molecular weight is 536 g/mol. The molecule has 1 saturated heterocycles. The molecule has 0 aliphatic carbocycles. The number of fused-ring (bicyclic) bond motifs is 2. The van der Waals surface area contributed by atoms with Crippen LogP contribution in [-0.4, -0.2) is 49.9 Å². The van der Waals surface area contributed by atoms with E-state index in [1.165, 1.54) is 0 Å². The highest BCUT2D eigenvalue weighted by atomic mass is 16.2. The van der Waals surface area contributed by atoms with Crippen molar-refractivity contribution in [1.29, 1.82) is 5.26 Å². The number of aryl methyl sites for hydroxylation is 1. The van der Waals surface area contributed by atoms with E-state index in [0.29, 0.717) is 11.3 Å². The second-order valence-corrected chi connectivity index (χ2v) is 10.7. The summed E-state index contributed by atoms with van der Waals surface area (Å²) in [4.78, 5) is 32.6. The first-order chi connectivity index (χ1) is 19.4. The highest BCUT2D eigenvalue weighted by Gasteiger charge is 2.35. The molecule has 3 aromatic rings. The summed E-state index contributed by atoms with van der Waals surface area (Å²) in [6.07, 6.45) is 1.57. The van der Waals surface area contributed by atoms with Crippen molar-refractivity contribution in [3.05, 3.63) is 88.5 Å². The van der Waals surface area contributed by atoms with Crippen LogP contribution in [0.2, 0.25) is 0 Å². The molecule has 2 heterocycles. The third-order valence-electron chi connectivity index (χ3n) is 8.48. The molecule has 3 aromatic carbocycles. The molecule has 2 amide bonds. The molecule has 0 aromatic heterocycles. The lowest BCUT2D eigenvalue weighted by atomic mass is 9.93. The van der Waals surface area contributed by atoms with Crippen molar-refractivity contribution < 1.29 is 9.59 Å². The first kappa shape index (κ1) is 27.4. The van der Waals surface area contributed by atoms with Gasteiger partial charge in [0.1, 0.15) is 6.07 Å². The summed E-state index contributed by atoms with van der Waals surface area (Å²) < 4.78 is 0. The Morgan fingerprint density at radius 1 is 0.975 bits per heavy atom. The van der Waals surface area contributed by atoms with E-state index in [-0.39, 0.29) is 23.8 Å². The van der Waals surface area contributed by atoms with E-state index in [1.807, 2.05) is 76.3 Å². The molecule has 0 saturated carbocycles. The number of nitrogens with one attached hydrogen (secondary N) is 1. The zero-order chi connectivity index (χ0) is 28.4. The van der Waals surface area contributed by atoms with E-state index in [0.717, 1.165) is 72.6 Å². The fraction of sp³-hybridized carbons (Fsp3) is 0.364. The lowest BCUT2D eigenvalue weighted by molar-refractivity contribution is -0.120. The Bertz CT molecular complexity index is 1460. The Kier molecular flexibility index (Phi) is 7.90. The third-order valence-corrected chi connectivity index (χ3v) is 8.48. The molecule has 2 aliphatic rings. The van der Waals surface area contributed by atoms with E-state index in [4.69, 9.17) is 0 Å². The van der Waals surface area contributed by atoms with Gasteiger partial charge in [-0.3, -0.25) is 14.5 Å². The Labute approximate surface area is 237 Å². The molecule has 0 radical (unpaired) electrons. The fourth-order valence-electron chi connectivity index (χ4n) is 6.10. The lowest BCUT2D eigenvalue weighted by Gasteiger charge is -2.41. The topological polar surface area (TPSA) is 79.7 Å². The SMILES string of the molecule is CCC(CC)C(=O)Nc1cc(C#N)c(N2CCN(C3c4ccccc4C(=O)N(C)c4ccccc43)CC2)cc1C. The minimum absolute atomic E-state index is 0.00597. The predicted octanol–water partition coefficient (Wildman–Crippen LogP) is 5.74. The van der Waals surface area contributed by atoms with Gasteiger partial charge in [-0.1, -0.05) is 50.2 Å². The minimum Gasteiger partial charge on any atom is -0.368 e. The van der Waals surface area contributed by atoms with Crippen molar-refractivity contribution in [2.24, 2.45) is 5.92 Å². The zero-order valence-corrected chi connectivity index (χ0v) is 23.8. The Balaban J connectivity index is 1.41. The number of hydrogen-bond acceptors (Lipinski definition) is 5. The van der Waals surface area contributed by atoms with E-state index >= 15 is 0 Å². The van der Waals surface area contributed by atoms with Crippen LogP contribution >= 0.6 is 0 Å². The van der Waals surface area contributed by atoms with Crippen molar-refractivity contribution in [3.63, 3.8) is 0 Å². The largest absolute Gasteiger partial charge is 0.368 e. The van der Waals surface area contributed by atoms with Gasteiger partial charge >= 0.3 is 0 Å². The van der Waals surface area contributed by atoms with Gasteiger partial charge in [-0.15, -0.1) is 0 Å². The maximum Gasteiger partial charge on any atom is 0.258 e. The van der Waals surface area contributed by atoms with Crippen LogP contribution in [0.4, 0.5) is 17.1 Å². The molecule has 5 rings (SSSR count). The van der Waals surface area contributed by atoms with Gasteiger partial charge in [0.15, 0.2) is 0 Å². The zero-order valence-electron chi connectivity index (χ0n) is 23.8. The summed E-state index contributed by atoms with van der Waals surface area (Å²) in [5.74, 6) is -0.0202. The Morgan fingerprint density at radius 2 is 1.62 bits per heavy atom. The van der Waals surface area contributed by atoms with Crippen molar-refractivity contribution in [2.45, 2.75) is 39.7 Å². The van der Waals surface area contributed by atoms with Gasteiger partial charge < -0.3 is 15.1 Å². The van der Waals surface area contributed by atoms with Crippen LogP contribution in [-0.2, 0) is 4.79 Å². The molecular weight excluding hydrogens is 498 g/mol. The number of rotatable bonds is 6. The van der Waals surface area contributed by atoms with Crippen LogP contribution < -0.4 is 15.1 Å². The second kappa shape index (κ2) is 11.5. The number of carbonyl (C=O) groups excluding carboxylic acids is 2. The van der Waals surface area contributed by atoms with Crippen LogP contribution in [0, 0.1) is 24.2 Å². The van der Waals surface area contributed by atoms with E-state index in [2.05, 4.69) is 33.3 Å². The maximum absolute atomic E-state index is 13.4. The standard InChI is InChI=1S/C33H37N5O2/c1-5-23(6-2)32(39)35-28-20-24(21-34)30(19-22(28)3)37-15-17-38(18-16-37)31-25-11-7-8-12-26(25)33(40)36(4)29-14-10-9-13-27(29)31/h7-14,19-20,23,31H,5-6,15-18H2,1-4H3,(H,35,39). The summed E-state index contributed by atoms with van der Waals surface area (Å²) in [7, 11) is 1.85. The van der Waals surface area contributed by atoms with Gasteiger partial charge in [-0.05, 0) is 60.7 Å². The summed E-state index contributed by atoms with van der Waals surface area (Å²) in [6.45, 7) is 9.08. The van der Waals surface area contributed by atoms with Crippen LogP contribution in [0.5, 0.6) is 0 Å². The van der Waals surface area contributed by atoms with Crippen molar-refractivity contribution in [2.75, 3.05) is 48.3 Å². The van der Waals surface area contributed by atoms with Crippen LogP contribution in [0.15, 0.2) is 60.7 Å². The van der Waals surface area contributed by atoms with Gasteiger partial charge in [0.2, 0.25) is 5.91 Å². The number of para-hydroxylation sites is 1. The molecule has 1 fully saturated rings. The van der Waals surface area contributed by atoms with Gasteiger partial charge in [-0.2, -0.15) is 5.26 Å². The fourth-order valence-corrected chi connectivity index (χ4v) is 6.10. The number of piperazine rings is 1. The van der Waals surface area contributed by atoms with Crippen LogP contribution in [0.25, 0.3) is 0 Å². The molecule has 206 valence electrons. The Morgan fingerprint density at radius 3 is 2.30 bits per heavy atom. The molecule has 1 N–H and O–H groups in total. The van der Waals surface area contributed by atoms with Crippen molar-refractivity contribution in [1.82, 2.24) is 4.90 Å². The summed E-state index contributed by atoms with van der Waals surface area (Å²) >= 11 is 0. The van der Waals surface area contributed by atoms with Crippen LogP contribution in [0.3, 0.4) is 0 Å². The minimum atomic E-state index is -0.0386. The first-order valence-electron chi connectivity index (χ1n) is 14.2. The highest BCUT2D eigenvalue weighted by Crippen LogP contribution is 2.41. The van der Waals surface area contributed by atoms with E-state index in [1.54, 1.807) is 4.90 Å². The van der Waals surface area contributed by atoms with E-state index < -0.39 is 0 Å². The second-order valence-electron chi connectivity index (χ2n) is 10.7. The normalized spacial score (nSPS) is 17.2. The molecule has 1 unspecified atom stereocenters. The highest BCUT2D eigenvalue weighted by molar-refractivity contribution is 6.08. The number of anilines is 3. The molecule has 2 aliphatic heterocycles. The van der Waals surface area contributed by atoms with E-state index in [9.17, 15) is 14.9 Å². The van der Waals surface area contributed by atoms with Gasteiger partial charge in [0, 0.05) is 56.1 Å². The monoisotopic (exact) mass is 535 g/mol. The molecular formula is C33H37N5O2. The number of hydrogen-bond donors (Lipinski definition) is 1. The molecule has 40 heavy (non-hydrogen) atoms. The average Bonchev–Trinajstić information content (AvgIpc) is 3.07. The predicted molar refractivity (Wildman–Crippen MR) is 160 cm³/mol. The third kappa shape index (κ3) is 4.96. The number of benzene rings is 3. The summed E-state index contributed by atoms with van der Waals surface area (Å²) in [5, 5.41) is 13.1. The lowest BCUT2D eigenvalue weighted by Crippen LogP contribution is -2.48. The molecule has 0 bridgehead atoms. The van der Waals surface area contributed by atoms with Crippen LogP contribution in [0.1, 0.15) is 65.3 Å². The van der Waals surface area contributed by atoms with Gasteiger partial charge in [0.05, 0.1) is 17.3 Å². The number of carbonyl (C=O) groups is 2. The number of nitrogens with zero attached hydrogens (tertiary/aromatic N) is 4. The number of amides is 2. The molecule has 7 heteroatoms. The summed E-state index contributed by atoms with van der Waals surface area (Å²) in [5.41, 5.74) is 6.95. The maximum atomic E-state index is 13.4.